The normalized spacial score (nSPS) is 18.6. The summed E-state index contributed by atoms with van der Waals surface area (Å²) in [6.45, 7) is 10.9. The van der Waals surface area contributed by atoms with Crippen LogP contribution in [0.1, 0.15) is 21.2 Å². The second kappa shape index (κ2) is 8.00. The maximum absolute atomic E-state index is 12.7. The highest BCUT2D eigenvalue weighted by Crippen LogP contribution is 2.22. The monoisotopic (exact) mass is 401 g/mol. The molecule has 2 aromatic rings. The highest BCUT2D eigenvalue weighted by atomic mass is 32.1. The molecule has 0 N–H and O–H groups in total. The lowest BCUT2D eigenvalue weighted by Crippen LogP contribution is -2.49. The molecular formula is C19H27N7OS. The molecule has 0 bridgehead atoms. The van der Waals surface area contributed by atoms with Crippen LogP contribution in [0.3, 0.4) is 0 Å². The molecule has 0 aromatic carbocycles. The van der Waals surface area contributed by atoms with Crippen molar-refractivity contribution >= 4 is 28.9 Å². The van der Waals surface area contributed by atoms with E-state index in [0.717, 1.165) is 67.3 Å². The van der Waals surface area contributed by atoms with Gasteiger partial charge in [0.05, 0.1) is 11.2 Å². The van der Waals surface area contributed by atoms with Crippen LogP contribution in [0.15, 0.2) is 11.6 Å². The number of hydrogen-bond acceptors (Lipinski definition) is 8. The first-order valence-corrected chi connectivity index (χ1v) is 10.6. The molecule has 28 heavy (non-hydrogen) atoms. The van der Waals surface area contributed by atoms with Crippen LogP contribution in [0.4, 0.5) is 11.6 Å². The van der Waals surface area contributed by atoms with Crippen molar-refractivity contribution in [2.45, 2.75) is 13.8 Å². The molecule has 0 radical (unpaired) electrons. The Balaban J connectivity index is 1.43. The van der Waals surface area contributed by atoms with E-state index < -0.39 is 0 Å². The molecular weight excluding hydrogens is 374 g/mol. The summed E-state index contributed by atoms with van der Waals surface area (Å²) < 4.78 is 0. The number of piperazine rings is 2. The summed E-state index contributed by atoms with van der Waals surface area (Å²) in [6, 6.07) is 2.10. The Labute approximate surface area is 169 Å². The molecule has 0 unspecified atom stereocenters. The van der Waals surface area contributed by atoms with Crippen LogP contribution < -0.4 is 9.80 Å². The van der Waals surface area contributed by atoms with Crippen molar-refractivity contribution in [1.82, 2.24) is 24.8 Å². The number of nitrogens with zero attached hydrogens (tertiary/aromatic N) is 7. The van der Waals surface area contributed by atoms with E-state index in [-0.39, 0.29) is 5.91 Å². The van der Waals surface area contributed by atoms with E-state index in [2.05, 4.69) is 42.8 Å². The molecule has 0 saturated carbocycles. The Kier molecular flexibility index (Phi) is 5.45. The van der Waals surface area contributed by atoms with Crippen molar-refractivity contribution in [3.8, 4) is 0 Å². The first-order chi connectivity index (χ1) is 13.5. The Hall–Kier alpha value is -2.26. The molecule has 150 valence electrons. The number of amides is 1. The van der Waals surface area contributed by atoms with E-state index in [1.807, 2.05) is 18.7 Å². The number of thiazole rings is 1. The molecule has 2 aromatic heterocycles. The van der Waals surface area contributed by atoms with Crippen molar-refractivity contribution in [3.63, 3.8) is 0 Å². The molecule has 9 heteroatoms. The third-order valence-electron chi connectivity index (χ3n) is 5.47. The molecule has 2 saturated heterocycles. The summed E-state index contributed by atoms with van der Waals surface area (Å²) in [5.74, 6) is 2.86. The van der Waals surface area contributed by atoms with Gasteiger partial charge in [-0.15, -0.1) is 11.3 Å². The largest absolute Gasteiger partial charge is 0.354 e. The molecule has 8 nitrogen and oxygen atoms in total. The number of aryl methyl sites for hydroxylation is 2. The standard InChI is InChI=1S/C19H27N7OS/c1-14-18(28-13-20-14)19(27)26-10-8-25(9-11-26)17-12-16(21-15(2)22-17)24-6-4-23(3)5-7-24/h12-13H,4-11H2,1-3H3. The quantitative estimate of drug-likeness (QED) is 0.767. The molecule has 0 aliphatic carbocycles. The van der Waals surface area contributed by atoms with E-state index in [1.54, 1.807) is 5.51 Å². The zero-order chi connectivity index (χ0) is 19.7. The van der Waals surface area contributed by atoms with Gasteiger partial charge >= 0.3 is 0 Å². The van der Waals surface area contributed by atoms with Gasteiger partial charge in [0.1, 0.15) is 22.3 Å². The van der Waals surface area contributed by atoms with Crippen LogP contribution in [0.5, 0.6) is 0 Å². The van der Waals surface area contributed by atoms with Gasteiger partial charge in [-0.1, -0.05) is 0 Å². The minimum Gasteiger partial charge on any atom is -0.354 e. The number of carbonyl (C=O) groups excluding carboxylic acids is 1. The van der Waals surface area contributed by atoms with Gasteiger partial charge in [-0.25, -0.2) is 15.0 Å². The first kappa shape index (κ1) is 19.1. The number of aromatic nitrogens is 3. The third-order valence-corrected chi connectivity index (χ3v) is 6.39. The lowest BCUT2D eigenvalue weighted by molar-refractivity contribution is 0.0750. The molecule has 0 spiro atoms. The van der Waals surface area contributed by atoms with Gasteiger partial charge in [0.25, 0.3) is 5.91 Å². The van der Waals surface area contributed by atoms with Crippen LogP contribution in [0, 0.1) is 13.8 Å². The highest BCUT2D eigenvalue weighted by Gasteiger charge is 2.26. The second-order valence-corrected chi connectivity index (χ2v) is 8.32. The number of carbonyl (C=O) groups is 1. The lowest BCUT2D eigenvalue weighted by atomic mass is 10.2. The van der Waals surface area contributed by atoms with Crippen LogP contribution in [-0.4, -0.2) is 90.1 Å². The summed E-state index contributed by atoms with van der Waals surface area (Å²) in [5, 5.41) is 0. The number of likely N-dealkylation sites (N-methyl/N-ethyl adjacent to an activating group) is 1. The molecule has 2 aliphatic rings. The summed E-state index contributed by atoms with van der Waals surface area (Å²) in [6.07, 6.45) is 0. The van der Waals surface area contributed by atoms with Gasteiger partial charge in [-0.3, -0.25) is 4.79 Å². The fourth-order valence-electron chi connectivity index (χ4n) is 3.69. The van der Waals surface area contributed by atoms with E-state index in [9.17, 15) is 4.79 Å². The minimum atomic E-state index is 0.0941. The number of anilines is 2. The molecule has 0 atom stereocenters. The highest BCUT2D eigenvalue weighted by molar-refractivity contribution is 7.11. The van der Waals surface area contributed by atoms with Gasteiger partial charge in [0, 0.05) is 58.4 Å². The summed E-state index contributed by atoms with van der Waals surface area (Å²) in [5.41, 5.74) is 2.56. The Morgan fingerprint density at radius 3 is 2.04 bits per heavy atom. The van der Waals surface area contributed by atoms with Crippen molar-refractivity contribution < 1.29 is 4.79 Å². The average Bonchev–Trinajstić information content (AvgIpc) is 3.13. The topological polar surface area (TPSA) is 68.7 Å². The van der Waals surface area contributed by atoms with E-state index in [1.165, 1.54) is 11.3 Å². The fourth-order valence-corrected chi connectivity index (χ4v) is 4.45. The third kappa shape index (κ3) is 3.95. The van der Waals surface area contributed by atoms with Crippen LogP contribution in [0.25, 0.3) is 0 Å². The maximum Gasteiger partial charge on any atom is 0.265 e. The van der Waals surface area contributed by atoms with Crippen molar-refractivity contribution in [2.24, 2.45) is 0 Å². The van der Waals surface area contributed by atoms with Gasteiger partial charge in [-0.05, 0) is 20.9 Å². The zero-order valence-corrected chi connectivity index (χ0v) is 17.6. The van der Waals surface area contributed by atoms with Crippen LogP contribution in [0.2, 0.25) is 0 Å². The summed E-state index contributed by atoms with van der Waals surface area (Å²) in [7, 11) is 2.16. The van der Waals surface area contributed by atoms with Gasteiger partial charge in [-0.2, -0.15) is 0 Å². The SMILES string of the molecule is Cc1nc(N2CCN(C)CC2)cc(N2CCN(C(=O)c3scnc3C)CC2)n1. The first-order valence-electron chi connectivity index (χ1n) is 9.75. The number of rotatable bonds is 3. The average molecular weight is 402 g/mol. The predicted molar refractivity (Wildman–Crippen MR) is 111 cm³/mol. The summed E-state index contributed by atoms with van der Waals surface area (Å²) in [4.78, 5) is 35.9. The van der Waals surface area contributed by atoms with Gasteiger partial charge < -0.3 is 19.6 Å². The maximum atomic E-state index is 12.7. The molecule has 2 fully saturated rings. The molecule has 2 aliphatic heterocycles. The van der Waals surface area contributed by atoms with Gasteiger partial charge in [0.15, 0.2) is 0 Å². The second-order valence-electron chi connectivity index (χ2n) is 7.47. The number of hydrogen-bond donors (Lipinski definition) is 0. The Bertz CT molecular complexity index is 839. The van der Waals surface area contributed by atoms with E-state index in [0.29, 0.717) is 13.1 Å². The minimum absolute atomic E-state index is 0.0941. The molecule has 4 heterocycles. The van der Waals surface area contributed by atoms with Crippen molar-refractivity contribution in [1.29, 1.82) is 0 Å². The van der Waals surface area contributed by atoms with Crippen LogP contribution in [-0.2, 0) is 0 Å². The predicted octanol–water partition coefficient (Wildman–Crippen LogP) is 1.26. The fraction of sp³-hybridized carbons (Fsp3) is 0.579. The van der Waals surface area contributed by atoms with E-state index in [4.69, 9.17) is 0 Å². The van der Waals surface area contributed by atoms with Crippen LogP contribution >= 0.6 is 11.3 Å². The zero-order valence-electron chi connectivity index (χ0n) is 16.8. The Morgan fingerprint density at radius 1 is 0.929 bits per heavy atom. The Morgan fingerprint density at radius 2 is 1.50 bits per heavy atom. The van der Waals surface area contributed by atoms with Gasteiger partial charge in [0.2, 0.25) is 0 Å². The molecule has 4 rings (SSSR count). The summed E-state index contributed by atoms with van der Waals surface area (Å²) >= 11 is 1.42. The van der Waals surface area contributed by atoms with Crippen molar-refractivity contribution in [2.75, 3.05) is 69.2 Å². The smallest absolute Gasteiger partial charge is 0.265 e. The lowest BCUT2D eigenvalue weighted by Gasteiger charge is -2.36. The molecule has 1 amide bonds. The van der Waals surface area contributed by atoms with E-state index >= 15 is 0 Å². The van der Waals surface area contributed by atoms with Crippen molar-refractivity contribution in [3.05, 3.63) is 28.0 Å².